The molecule has 5 nitrogen and oxygen atoms in total. The number of fused-ring (bicyclic) bond motifs is 8. The highest BCUT2D eigenvalue weighted by molar-refractivity contribution is 6.23. The predicted molar refractivity (Wildman–Crippen MR) is 223 cm³/mol. The second-order valence-electron chi connectivity index (χ2n) is 13.8. The molecule has 1 aliphatic rings. The van der Waals surface area contributed by atoms with Gasteiger partial charge < -0.3 is 14.3 Å². The first-order valence-corrected chi connectivity index (χ1v) is 18.3. The van der Waals surface area contributed by atoms with Crippen molar-refractivity contribution in [3.63, 3.8) is 0 Å². The molecule has 8 aromatic carbocycles. The number of furan rings is 1. The SMILES string of the molecule is c1ccc(C2=NC(c3ccccc3)NC(c3cc(-n4c5cc(-c6ccccc6)ccc5c5c6ccccc6ccc54)c4c(c3)oc3ccccc34)=N2)cc1. The topological polar surface area (TPSA) is 54.8 Å². The second kappa shape index (κ2) is 12.2. The molecule has 1 unspecified atom stereocenters. The maximum atomic E-state index is 6.71. The molecule has 0 aliphatic carbocycles. The molecule has 0 saturated heterocycles. The minimum atomic E-state index is -0.322. The molecule has 2 aromatic heterocycles. The van der Waals surface area contributed by atoms with E-state index in [0.717, 1.165) is 66.7 Å². The molecule has 0 amide bonds. The van der Waals surface area contributed by atoms with Gasteiger partial charge in [-0.05, 0) is 57.8 Å². The van der Waals surface area contributed by atoms with Gasteiger partial charge in [-0.3, -0.25) is 0 Å². The van der Waals surface area contributed by atoms with E-state index < -0.39 is 0 Å². The quantitative estimate of drug-likeness (QED) is 0.195. The lowest BCUT2D eigenvalue weighted by molar-refractivity contribution is 0.666. The molecule has 0 spiro atoms. The first kappa shape index (κ1) is 30.4. The molecular formula is C49H32N4O. The molecule has 3 heterocycles. The van der Waals surface area contributed by atoms with E-state index in [-0.39, 0.29) is 6.17 Å². The fourth-order valence-electron chi connectivity index (χ4n) is 8.12. The van der Waals surface area contributed by atoms with Crippen molar-refractivity contribution >= 4 is 66.2 Å². The van der Waals surface area contributed by atoms with Crippen molar-refractivity contribution in [1.82, 2.24) is 9.88 Å². The number of rotatable bonds is 5. The molecule has 0 bridgehead atoms. The summed E-state index contributed by atoms with van der Waals surface area (Å²) < 4.78 is 9.14. The summed E-state index contributed by atoms with van der Waals surface area (Å²) in [6.07, 6.45) is -0.322. The van der Waals surface area contributed by atoms with E-state index in [0.29, 0.717) is 5.84 Å². The maximum Gasteiger partial charge on any atom is 0.159 e. The number of benzene rings is 8. The predicted octanol–water partition coefficient (Wildman–Crippen LogP) is 12.0. The Kier molecular flexibility index (Phi) is 6.85. The van der Waals surface area contributed by atoms with Crippen LogP contribution in [0.15, 0.2) is 196 Å². The van der Waals surface area contributed by atoms with Crippen LogP contribution in [-0.2, 0) is 0 Å². The number of hydrogen-bond acceptors (Lipinski definition) is 4. The Bertz CT molecular complexity index is 3120. The molecule has 11 rings (SSSR count). The Morgan fingerprint density at radius 3 is 2.00 bits per heavy atom. The van der Waals surface area contributed by atoms with E-state index in [1.54, 1.807) is 0 Å². The zero-order chi connectivity index (χ0) is 35.6. The molecule has 1 N–H and O–H groups in total. The first-order valence-electron chi connectivity index (χ1n) is 18.3. The van der Waals surface area contributed by atoms with Crippen molar-refractivity contribution in [3.05, 3.63) is 199 Å². The summed E-state index contributed by atoms with van der Waals surface area (Å²) in [5.41, 5.74) is 10.2. The smallest absolute Gasteiger partial charge is 0.159 e. The third-order valence-corrected chi connectivity index (χ3v) is 10.6. The molecule has 10 aromatic rings. The molecule has 254 valence electrons. The van der Waals surface area contributed by atoms with Crippen molar-refractivity contribution in [2.75, 3.05) is 0 Å². The molecule has 54 heavy (non-hydrogen) atoms. The zero-order valence-electron chi connectivity index (χ0n) is 29.1. The fourth-order valence-corrected chi connectivity index (χ4v) is 8.12. The summed E-state index contributed by atoms with van der Waals surface area (Å²) in [5, 5.41) is 10.7. The zero-order valence-corrected chi connectivity index (χ0v) is 29.1. The number of nitrogens with one attached hydrogen (secondary N) is 1. The van der Waals surface area contributed by atoms with E-state index in [9.17, 15) is 0 Å². The fraction of sp³-hybridized carbons (Fsp3) is 0.0204. The lowest BCUT2D eigenvalue weighted by Crippen LogP contribution is -2.33. The van der Waals surface area contributed by atoms with Gasteiger partial charge in [-0.15, -0.1) is 0 Å². The maximum absolute atomic E-state index is 6.71. The highest BCUT2D eigenvalue weighted by atomic mass is 16.3. The summed E-state index contributed by atoms with van der Waals surface area (Å²) >= 11 is 0. The van der Waals surface area contributed by atoms with Gasteiger partial charge in [0.05, 0.1) is 22.1 Å². The molecule has 0 radical (unpaired) electrons. The summed E-state index contributed by atoms with van der Waals surface area (Å²) in [7, 11) is 0. The number of hydrogen-bond donors (Lipinski definition) is 1. The number of nitrogens with zero attached hydrogens (tertiary/aromatic N) is 3. The molecule has 0 saturated carbocycles. The van der Waals surface area contributed by atoms with E-state index in [1.807, 2.05) is 48.5 Å². The lowest BCUT2D eigenvalue weighted by atomic mass is 10.0. The van der Waals surface area contributed by atoms with Gasteiger partial charge >= 0.3 is 0 Å². The molecule has 0 fully saturated rings. The van der Waals surface area contributed by atoms with Gasteiger partial charge in [-0.25, -0.2) is 9.98 Å². The van der Waals surface area contributed by atoms with Crippen molar-refractivity contribution < 1.29 is 4.42 Å². The summed E-state index contributed by atoms with van der Waals surface area (Å²) in [4.78, 5) is 10.3. The normalized spacial score (nSPS) is 14.5. The van der Waals surface area contributed by atoms with E-state index in [1.165, 1.54) is 27.1 Å². The number of aliphatic imine (C=N–C) groups is 2. The molecule has 5 heteroatoms. The van der Waals surface area contributed by atoms with Gasteiger partial charge in [-0.2, -0.15) is 0 Å². The van der Waals surface area contributed by atoms with Crippen LogP contribution in [0.4, 0.5) is 0 Å². The Morgan fingerprint density at radius 1 is 0.481 bits per heavy atom. The van der Waals surface area contributed by atoms with Crippen LogP contribution in [0.2, 0.25) is 0 Å². The highest BCUT2D eigenvalue weighted by Gasteiger charge is 2.25. The van der Waals surface area contributed by atoms with Gasteiger partial charge in [0, 0.05) is 27.3 Å². The third kappa shape index (κ3) is 4.86. The number of para-hydroxylation sites is 1. The minimum absolute atomic E-state index is 0.322. The summed E-state index contributed by atoms with van der Waals surface area (Å²) in [6.45, 7) is 0. The monoisotopic (exact) mass is 692 g/mol. The first-order chi connectivity index (χ1) is 26.8. The molecule has 1 aliphatic heterocycles. The van der Waals surface area contributed by atoms with Gasteiger partial charge in [0.25, 0.3) is 0 Å². The van der Waals surface area contributed by atoms with Crippen LogP contribution in [0.5, 0.6) is 0 Å². The van der Waals surface area contributed by atoms with Crippen LogP contribution in [0.25, 0.3) is 71.3 Å². The van der Waals surface area contributed by atoms with Gasteiger partial charge in [0.1, 0.15) is 23.2 Å². The van der Waals surface area contributed by atoms with Crippen molar-refractivity contribution in [1.29, 1.82) is 0 Å². The van der Waals surface area contributed by atoms with Crippen LogP contribution in [-0.4, -0.2) is 16.2 Å². The van der Waals surface area contributed by atoms with Gasteiger partial charge in [0.2, 0.25) is 0 Å². The lowest BCUT2D eigenvalue weighted by Gasteiger charge is -2.24. The van der Waals surface area contributed by atoms with E-state index in [4.69, 9.17) is 14.4 Å². The van der Waals surface area contributed by atoms with Crippen LogP contribution in [0, 0.1) is 0 Å². The average molecular weight is 693 g/mol. The van der Waals surface area contributed by atoms with Crippen LogP contribution in [0.1, 0.15) is 22.9 Å². The van der Waals surface area contributed by atoms with Crippen LogP contribution in [0.3, 0.4) is 0 Å². The van der Waals surface area contributed by atoms with Gasteiger partial charge in [-0.1, -0.05) is 152 Å². The number of amidine groups is 2. The van der Waals surface area contributed by atoms with Crippen molar-refractivity contribution in [3.8, 4) is 16.8 Å². The number of aromatic nitrogens is 1. The Hall–Kier alpha value is -7.24. The largest absolute Gasteiger partial charge is 0.456 e. The van der Waals surface area contributed by atoms with Crippen molar-refractivity contribution in [2.24, 2.45) is 9.98 Å². The van der Waals surface area contributed by atoms with Crippen molar-refractivity contribution in [2.45, 2.75) is 6.17 Å². The standard InChI is InChI=1S/C49H32N4O/c1-4-14-31(15-5-1)35-24-26-38-41(28-35)53(40-27-25-32-16-10-11-21-37(32)45(38)40)42-29-36(30-44-46(42)39-22-12-13-23-43(39)54-44)49-51-47(33-17-6-2-7-18-33)50-48(52-49)34-19-8-3-9-20-34/h1-30,47H,(H,50,51,52). The minimum Gasteiger partial charge on any atom is -0.456 e. The van der Waals surface area contributed by atoms with Crippen LogP contribution >= 0.6 is 0 Å². The Labute approximate surface area is 311 Å². The second-order valence-corrected chi connectivity index (χ2v) is 13.8. The Balaban J connectivity index is 1.23. The molecule has 1 atom stereocenters. The third-order valence-electron chi connectivity index (χ3n) is 10.6. The van der Waals surface area contributed by atoms with Gasteiger partial charge in [0.15, 0.2) is 5.84 Å². The van der Waals surface area contributed by atoms with E-state index in [2.05, 4.69) is 143 Å². The Morgan fingerprint density at radius 2 is 1.19 bits per heavy atom. The molecular weight excluding hydrogens is 661 g/mol. The van der Waals surface area contributed by atoms with E-state index >= 15 is 0 Å². The van der Waals surface area contributed by atoms with Crippen LogP contribution < -0.4 is 5.32 Å². The summed E-state index contributed by atoms with van der Waals surface area (Å²) in [5.74, 6) is 1.41. The summed E-state index contributed by atoms with van der Waals surface area (Å²) in [6, 6.07) is 63.9. The highest BCUT2D eigenvalue weighted by Crippen LogP contribution is 2.42. The average Bonchev–Trinajstić information content (AvgIpc) is 3.80.